The van der Waals surface area contributed by atoms with E-state index in [0.717, 1.165) is 4.85 Å². The van der Waals surface area contributed by atoms with Gasteiger partial charge in [-0.2, -0.15) is 0 Å². The van der Waals surface area contributed by atoms with Gasteiger partial charge in [0.05, 0.1) is 0 Å². The second-order valence-electron chi connectivity index (χ2n) is 2.85. The molecule has 1 aromatic carbocycles. The van der Waals surface area contributed by atoms with Gasteiger partial charge < -0.3 is 0 Å². The van der Waals surface area contributed by atoms with E-state index >= 15 is 0 Å². The third-order valence-electron chi connectivity index (χ3n) is 1.95. The van der Waals surface area contributed by atoms with Crippen LogP contribution >= 0.6 is 7.82 Å². The lowest BCUT2D eigenvalue weighted by Crippen LogP contribution is -2.12. The van der Waals surface area contributed by atoms with Crippen molar-refractivity contribution in [3.05, 3.63) is 24.3 Å². The Kier molecular flexibility index (Phi) is 2.91. The summed E-state index contributed by atoms with van der Waals surface area (Å²) < 4.78 is 26.0. The molecule has 0 bridgehead atoms. The van der Waals surface area contributed by atoms with Crippen molar-refractivity contribution in [2.45, 2.75) is 0 Å². The van der Waals surface area contributed by atoms with Crippen molar-refractivity contribution >= 4 is 18.9 Å². The lowest BCUT2D eigenvalue weighted by atomic mass is 10.3. The van der Waals surface area contributed by atoms with Crippen LogP contribution in [0.5, 0.6) is 0 Å². The van der Waals surface area contributed by atoms with E-state index < -0.39 is 7.82 Å². The molecule has 0 aliphatic rings. The van der Waals surface area contributed by atoms with E-state index in [1.54, 1.807) is 18.2 Å². The van der Waals surface area contributed by atoms with Crippen LogP contribution < -0.4 is 4.62 Å². The molecule has 0 N–H and O–H groups in total. The van der Waals surface area contributed by atoms with Gasteiger partial charge in [0.15, 0.2) is 0 Å². The van der Waals surface area contributed by atoms with Gasteiger partial charge in [0.2, 0.25) is 0 Å². The van der Waals surface area contributed by atoms with Gasteiger partial charge in [-0.3, -0.25) is 13.7 Å². The molecule has 0 aliphatic heterocycles. The highest BCUT2D eigenvalue weighted by molar-refractivity contribution is 7.48. The maximum atomic E-state index is 11.7. The molecule has 0 aliphatic carbocycles. The molecule has 2 aromatic rings. The summed E-state index contributed by atoms with van der Waals surface area (Å²) in [5.74, 6) is 0. The summed E-state index contributed by atoms with van der Waals surface area (Å²) in [6, 6.07) is 7.08. The highest BCUT2D eigenvalue weighted by Crippen LogP contribution is 2.43. The zero-order valence-corrected chi connectivity index (χ0v) is 9.63. The van der Waals surface area contributed by atoms with E-state index in [-0.39, 0.29) is 0 Å². The van der Waals surface area contributed by atoms with Crippen molar-refractivity contribution in [3.63, 3.8) is 0 Å². The number of para-hydroxylation sites is 1. The minimum absolute atomic E-state index is 0.580. The fourth-order valence-electron chi connectivity index (χ4n) is 1.14. The van der Waals surface area contributed by atoms with Crippen LogP contribution in [-0.4, -0.2) is 29.4 Å². The van der Waals surface area contributed by atoms with Crippen LogP contribution in [0.1, 0.15) is 0 Å². The largest absolute Gasteiger partial charge is 0.549 e. The predicted octanol–water partition coefficient (Wildman–Crippen LogP) is 1.26. The molecule has 8 heteroatoms. The standard InChI is InChI=1S/C8H10N3O4P/c1-13-16(12,14-2)15-11-8-6-4-3-5-7(8)9-10-11/h3-6H,1-2H3. The van der Waals surface area contributed by atoms with E-state index in [1.165, 1.54) is 14.2 Å². The van der Waals surface area contributed by atoms with Crippen molar-refractivity contribution in [3.8, 4) is 0 Å². The van der Waals surface area contributed by atoms with E-state index in [1.807, 2.05) is 6.07 Å². The minimum Gasteiger partial charge on any atom is -0.291 e. The maximum absolute atomic E-state index is 11.7. The molecule has 0 saturated heterocycles. The number of phosphoric acid groups is 1. The van der Waals surface area contributed by atoms with Gasteiger partial charge >= 0.3 is 7.82 Å². The van der Waals surface area contributed by atoms with Crippen molar-refractivity contribution < 1.29 is 18.2 Å². The number of hydrogen-bond donors (Lipinski definition) is 0. The lowest BCUT2D eigenvalue weighted by molar-refractivity contribution is 0.125. The van der Waals surface area contributed by atoms with Crippen molar-refractivity contribution in [2.24, 2.45) is 0 Å². The number of rotatable bonds is 4. The summed E-state index contributed by atoms with van der Waals surface area (Å²) in [4.78, 5) is 1.02. The number of phosphoric ester groups is 1. The molecule has 2 rings (SSSR count). The van der Waals surface area contributed by atoms with Crippen molar-refractivity contribution in [2.75, 3.05) is 14.2 Å². The molecule has 0 atom stereocenters. The highest BCUT2D eigenvalue weighted by atomic mass is 31.2. The van der Waals surface area contributed by atoms with Crippen LogP contribution in [0.25, 0.3) is 11.0 Å². The average molecular weight is 243 g/mol. The summed E-state index contributed by atoms with van der Waals surface area (Å²) in [6.45, 7) is 0. The molecule has 86 valence electrons. The first-order valence-corrected chi connectivity index (χ1v) is 5.86. The minimum atomic E-state index is -3.61. The summed E-state index contributed by atoms with van der Waals surface area (Å²) in [7, 11) is -1.16. The first-order valence-electron chi connectivity index (χ1n) is 4.40. The quantitative estimate of drug-likeness (QED) is 0.752. The fourth-order valence-corrected chi connectivity index (χ4v) is 1.74. The van der Waals surface area contributed by atoms with E-state index in [2.05, 4.69) is 19.4 Å². The molecule has 16 heavy (non-hydrogen) atoms. The molecule has 0 radical (unpaired) electrons. The van der Waals surface area contributed by atoms with Crippen LogP contribution in [-0.2, 0) is 13.6 Å². The van der Waals surface area contributed by atoms with Gasteiger partial charge in [-0.25, -0.2) is 4.57 Å². The summed E-state index contributed by atoms with van der Waals surface area (Å²) in [5, 5.41) is 7.52. The molecular formula is C8H10N3O4P. The smallest absolute Gasteiger partial charge is 0.291 e. The maximum Gasteiger partial charge on any atom is 0.549 e. The van der Waals surface area contributed by atoms with Crippen molar-refractivity contribution in [1.82, 2.24) is 15.2 Å². The Morgan fingerprint density at radius 2 is 1.94 bits per heavy atom. The van der Waals surface area contributed by atoms with Crippen LogP contribution in [0.4, 0.5) is 0 Å². The van der Waals surface area contributed by atoms with Gasteiger partial charge in [0.1, 0.15) is 11.0 Å². The van der Waals surface area contributed by atoms with Gasteiger partial charge in [0, 0.05) is 14.2 Å². The van der Waals surface area contributed by atoms with Crippen LogP contribution in [0.3, 0.4) is 0 Å². The van der Waals surface area contributed by atoms with E-state index in [4.69, 9.17) is 4.62 Å². The summed E-state index contributed by atoms with van der Waals surface area (Å²) >= 11 is 0. The SMILES string of the molecule is COP(=O)(OC)On1nnc2ccccc21. The molecule has 7 nitrogen and oxygen atoms in total. The first-order chi connectivity index (χ1) is 7.68. The highest BCUT2D eigenvalue weighted by Gasteiger charge is 2.26. The first kappa shape index (κ1) is 11.1. The summed E-state index contributed by atoms with van der Waals surface area (Å²) in [5.41, 5.74) is 1.21. The molecule has 0 amide bonds. The molecule has 0 saturated carbocycles. The number of nitrogens with zero attached hydrogens (tertiary/aromatic N) is 3. The lowest BCUT2D eigenvalue weighted by Gasteiger charge is -2.12. The van der Waals surface area contributed by atoms with E-state index in [9.17, 15) is 4.57 Å². The van der Waals surface area contributed by atoms with Crippen molar-refractivity contribution in [1.29, 1.82) is 0 Å². The van der Waals surface area contributed by atoms with Crippen LogP contribution in [0.15, 0.2) is 24.3 Å². The molecule has 0 fully saturated rings. The number of benzene rings is 1. The number of fused-ring (bicyclic) bond motifs is 1. The van der Waals surface area contributed by atoms with Gasteiger partial charge in [0.25, 0.3) is 0 Å². The predicted molar refractivity (Wildman–Crippen MR) is 55.7 cm³/mol. The zero-order valence-electron chi connectivity index (χ0n) is 8.73. The average Bonchev–Trinajstić information content (AvgIpc) is 2.73. The summed E-state index contributed by atoms with van der Waals surface area (Å²) in [6.07, 6.45) is 0. The zero-order chi connectivity index (χ0) is 11.6. The molecule has 0 unspecified atom stereocenters. The second kappa shape index (κ2) is 4.21. The Hall–Kier alpha value is -1.43. The van der Waals surface area contributed by atoms with Gasteiger partial charge in [-0.15, -0.1) is 5.10 Å². The topological polar surface area (TPSA) is 75.5 Å². The fraction of sp³-hybridized carbons (Fsp3) is 0.250. The molecule has 0 spiro atoms. The Balaban J connectivity index is 2.38. The van der Waals surface area contributed by atoms with Gasteiger partial charge in [-0.05, 0) is 17.3 Å². The molecular weight excluding hydrogens is 233 g/mol. The molecule has 1 heterocycles. The Bertz CT molecular complexity index is 533. The Morgan fingerprint density at radius 1 is 1.25 bits per heavy atom. The third kappa shape index (κ3) is 1.92. The van der Waals surface area contributed by atoms with Crippen LogP contribution in [0.2, 0.25) is 0 Å². The van der Waals surface area contributed by atoms with Gasteiger partial charge in [-0.1, -0.05) is 17.0 Å². The Morgan fingerprint density at radius 3 is 2.62 bits per heavy atom. The molecule has 1 aromatic heterocycles. The number of hydrogen-bond acceptors (Lipinski definition) is 6. The van der Waals surface area contributed by atoms with E-state index in [0.29, 0.717) is 11.0 Å². The van der Waals surface area contributed by atoms with Crippen LogP contribution in [0, 0.1) is 0 Å². The normalized spacial score (nSPS) is 11.9. The second-order valence-corrected chi connectivity index (χ2v) is 4.63. The number of aromatic nitrogens is 3. The Labute approximate surface area is 91.5 Å². The monoisotopic (exact) mass is 243 g/mol. The third-order valence-corrected chi connectivity index (χ3v) is 3.20.